The quantitative estimate of drug-likeness (QED) is 0.130. The summed E-state index contributed by atoms with van der Waals surface area (Å²) >= 11 is 8.44. The molecule has 1 amide bonds. The second kappa shape index (κ2) is 21.1. The molecule has 0 atom stereocenters. The van der Waals surface area contributed by atoms with Crippen molar-refractivity contribution >= 4 is 51.9 Å². The van der Waals surface area contributed by atoms with Gasteiger partial charge in [0.05, 0.1) is 17.5 Å². The lowest BCUT2D eigenvalue weighted by Crippen LogP contribution is -2.32. The van der Waals surface area contributed by atoms with Gasteiger partial charge in [-0.1, -0.05) is 113 Å². The molecule has 0 radical (unpaired) electrons. The monoisotopic (exact) mass is 678 g/mol. The highest BCUT2D eigenvalue weighted by atomic mass is 79.9. The summed E-state index contributed by atoms with van der Waals surface area (Å²) in [6.07, 6.45) is 18.9. The van der Waals surface area contributed by atoms with Crippen LogP contribution in [0.4, 0.5) is 5.69 Å². The summed E-state index contributed by atoms with van der Waals surface area (Å²) in [5.74, 6) is 1.75. The SMILES string of the molecule is Br.CCCCCCCCCCCCCCOc1ccc(CCN(C(C)=O)c2ccccc2CN2C=C(C)SC2)cc1Cl. The molecular formula is C35H52BrClN2O2S. The highest BCUT2D eigenvalue weighted by Crippen LogP contribution is 2.30. The van der Waals surface area contributed by atoms with Gasteiger partial charge in [-0.2, -0.15) is 0 Å². The van der Waals surface area contributed by atoms with Gasteiger partial charge >= 0.3 is 0 Å². The number of thioether (sulfide) groups is 1. The van der Waals surface area contributed by atoms with Gasteiger partial charge in [-0.3, -0.25) is 4.79 Å². The fraction of sp³-hybridized carbons (Fsp3) is 0.571. The summed E-state index contributed by atoms with van der Waals surface area (Å²) in [4.78, 5) is 18.2. The number of allylic oxidation sites excluding steroid dienone is 1. The fourth-order valence-corrected chi connectivity index (χ4v) is 6.38. The molecule has 3 rings (SSSR count). The van der Waals surface area contributed by atoms with E-state index in [1.54, 1.807) is 6.92 Å². The lowest BCUT2D eigenvalue weighted by atomic mass is 10.1. The van der Waals surface area contributed by atoms with Crippen LogP contribution in [0, 0.1) is 0 Å². The molecule has 0 N–H and O–H groups in total. The maximum absolute atomic E-state index is 12.7. The molecule has 2 aromatic rings. The molecule has 2 aromatic carbocycles. The van der Waals surface area contributed by atoms with Crippen molar-refractivity contribution in [3.8, 4) is 5.75 Å². The van der Waals surface area contributed by atoms with E-state index >= 15 is 0 Å². The fourth-order valence-electron chi connectivity index (χ4n) is 5.36. The molecule has 0 aromatic heterocycles. The smallest absolute Gasteiger partial charge is 0.223 e. The molecule has 1 aliphatic heterocycles. The molecule has 0 bridgehead atoms. The molecule has 0 fully saturated rings. The van der Waals surface area contributed by atoms with E-state index in [1.807, 2.05) is 40.9 Å². The number of para-hydroxylation sites is 1. The third-order valence-electron chi connectivity index (χ3n) is 7.73. The number of halogens is 2. The number of carbonyl (C=O) groups is 1. The van der Waals surface area contributed by atoms with Crippen LogP contribution in [0.3, 0.4) is 0 Å². The maximum atomic E-state index is 12.7. The molecule has 0 saturated carbocycles. The van der Waals surface area contributed by atoms with Gasteiger partial charge in [0.15, 0.2) is 0 Å². The molecule has 4 nitrogen and oxygen atoms in total. The van der Waals surface area contributed by atoms with Crippen molar-refractivity contribution in [2.75, 3.05) is 23.9 Å². The lowest BCUT2D eigenvalue weighted by Gasteiger charge is -2.26. The standard InChI is InChI=1S/C35H51ClN2O2S.BrH/c1-4-5-6-7-8-9-10-11-12-13-14-17-24-40-35-21-20-31(25-33(35)36)22-23-38(30(3)39)34-19-16-15-18-32(34)27-37-26-29(2)41-28-37;/h15-16,18-21,25-26H,4-14,17,22-24,27-28H2,1-3H3;1H. The van der Waals surface area contributed by atoms with Gasteiger partial charge in [0.2, 0.25) is 5.91 Å². The summed E-state index contributed by atoms with van der Waals surface area (Å²) in [7, 11) is 0. The summed E-state index contributed by atoms with van der Waals surface area (Å²) in [5.41, 5.74) is 3.25. The van der Waals surface area contributed by atoms with E-state index in [1.165, 1.54) is 75.5 Å². The first-order valence-corrected chi connectivity index (χ1v) is 17.2. The highest BCUT2D eigenvalue weighted by Gasteiger charge is 2.18. The van der Waals surface area contributed by atoms with Crippen LogP contribution in [-0.2, 0) is 17.8 Å². The predicted octanol–water partition coefficient (Wildman–Crippen LogP) is 11.0. The Labute approximate surface area is 275 Å². The summed E-state index contributed by atoms with van der Waals surface area (Å²) in [5, 5.41) is 0.643. The Bertz CT molecular complexity index is 1100. The van der Waals surface area contributed by atoms with Crippen LogP contribution >= 0.6 is 40.3 Å². The average molecular weight is 680 g/mol. The lowest BCUT2D eigenvalue weighted by molar-refractivity contribution is -0.116. The first kappa shape index (κ1) is 36.6. The number of hydrogen-bond acceptors (Lipinski definition) is 4. The van der Waals surface area contributed by atoms with E-state index in [0.717, 1.165) is 47.8 Å². The number of anilines is 1. The van der Waals surface area contributed by atoms with Crippen LogP contribution in [0.2, 0.25) is 5.02 Å². The minimum Gasteiger partial charge on any atom is -0.492 e. The molecule has 42 heavy (non-hydrogen) atoms. The summed E-state index contributed by atoms with van der Waals surface area (Å²) in [6.45, 7) is 8.16. The van der Waals surface area contributed by atoms with Crippen molar-refractivity contribution in [1.29, 1.82) is 0 Å². The number of unbranched alkanes of at least 4 members (excludes halogenated alkanes) is 11. The van der Waals surface area contributed by atoms with Crippen molar-refractivity contribution in [1.82, 2.24) is 4.90 Å². The Kier molecular flexibility index (Phi) is 18.4. The van der Waals surface area contributed by atoms with Crippen LogP contribution in [-0.4, -0.2) is 29.8 Å². The Morgan fingerprint density at radius 3 is 2.19 bits per heavy atom. The van der Waals surface area contributed by atoms with Crippen molar-refractivity contribution in [3.05, 3.63) is 69.7 Å². The normalized spacial score (nSPS) is 12.7. The first-order chi connectivity index (χ1) is 20.0. The average Bonchev–Trinajstić information content (AvgIpc) is 3.37. The highest BCUT2D eigenvalue weighted by molar-refractivity contribution is 8.93. The van der Waals surface area contributed by atoms with E-state index in [0.29, 0.717) is 18.2 Å². The topological polar surface area (TPSA) is 32.8 Å². The third-order valence-corrected chi connectivity index (χ3v) is 9.05. The summed E-state index contributed by atoms with van der Waals surface area (Å²) in [6, 6.07) is 14.3. The van der Waals surface area contributed by atoms with Gasteiger partial charge in [-0.15, -0.1) is 28.7 Å². The molecule has 234 valence electrons. The maximum Gasteiger partial charge on any atom is 0.223 e. The van der Waals surface area contributed by atoms with E-state index in [2.05, 4.69) is 43.1 Å². The Hall–Kier alpha value is -1.63. The van der Waals surface area contributed by atoms with Gasteiger partial charge in [0.25, 0.3) is 0 Å². The van der Waals surface area contributed by atoms with Crippen LogP contribution < -0.4 is 9.64 Å². The number of amides is 1. The van der Waals surface area contributed by atoms with E-state index in [4.69, 9.17) is 16.3 Å². The minimum atomic E-state index is 0. The van der Waals surface area contributed by atoms with Crippen molar-refractivity contribution < 1.29 is 9.53 Å². The van der Waals surface area contributed by atoms with Crippen molar-refractivity contribution in [2.45, 2.75) is 111 Å². The van der Waals surface area contributed by atoms with Gasteiger partial charge in [-0.05, 0) is 54.0 Å². The summed E-state index contributed by atoms with van der Waals surface area (Å²) < 4.78 is 6.00. The van der Waals surface area contributed by atoms with Gasteiger partial charge in [-0.25, -0.2) is 0 Å². The van der Waals surface area contributed by atoms with Gasteiger partial charge in [0, 0.05) is 31.9 Å². The molecule has 0 spiro atoms. The largest absolute Gasteiger partial charge is 0.492 e. The predicted molar refractivity (Wildman–Crippen MR) is 188 cm³/mol. The second-order valence-corrected chi connectivity index (χ2v) is 12.9. The van der Waals surface area contributed by atoms with Crippen molar-refractivity contribution in [2.24, 2.45) is 0 Å². The molecule has 0 aliphatic carbocycles. The zero-order valence-electron chi connectivity index (χ0n) is 26.0. The third kappa shape index (κ3) is 13.3. The van der Waals surface area contributed by atoms with Crippen molar-refractivity contribution in [3.63, 3.8) is 0 Å². The minimum absolute atomic E-state index is 0. The number of hydrogen-bond donors (Lipinski definition) is 0. The number of benzene rings is 2. The van der Waals surface area contributed by atoms with E-state index in [9.17, 15) is 4.79 Å². The molecule has 0 saturated heterocycles. The molecular weight excluding hydrogens is 628 g/mol. The number of rotatable bonds is 20. The first-order valence-electron chi connectivity index (χ1n) is 15.8. The zero-order chi connectivity index (χ0) is 29.3. The Morgan fingerprint density at radius 2 is 1.60 bits per heavy atom. The van der Waals surface area contributed by atoms with Gasteiger partial charge < -0.3 is 14.5 Å². The van der Waals surface area contributed by atoms with Crippen LogP contribution in [0.15, 0.2) is 53.6 Å². The van der Waals surface area contributed by atoms with Crippen LogP contribution in [0.5, 0.6) is 5.75 Å². The molecule has 1 aliphatic rings. The van der Waals surface area contributed by atoms with E-state index in [-0.39, 0.29) is 22.9 Å². The molecule has 0 unspecified atom stereocenters. The number of nitrogens with zero attached hydrogens (tertiary/aromatic N) is 2. The number of ether oxygens (including phenoxy) is 1. The van der Waals surface area contributed by atoms with Gasteiger partial charge in [0.1, 0.15) is 5.75 Å². The van der Waals surface area contributed by atoms with Crippen LogP contribution in [0.25, 0.3) is 0 Å². The van der Waals surface area contributed by atoms with E-state index < -0.39 is 0 Å². The Balaban J connectivity index is 0.00000616. The second-order valence-electron chi connectivity index (χ2n) is 11.3. The number of carbonyl (C=O) groups excluding carboxylic acids is 1. The molecule has 1 heterocycles. The molecule has 7 heteroatoms. The Morgan fingerprint density at radius 1 is 0.952 bits per heavy atom. The van der Waals surface area contributed by atoms with Crippen LogP contribution in [0.1, 0.15) is 109 Å². The zero-order valence-corrected chi connectivity index (χ0v) is 29.3.